The molecule has 0 aromatic heterocycles. The number of piperidine rings is 1. The van der Waals surface area contributed by atoms with Crippen LogP contribution < -0.4 is 11.1 Å². The normalized spacial score (nSPS) is 16.5. The fourth-order valence-corrected chi connectivity index (χ4v) is 3.09. The number of nitrogens with one attached hydrogen (secondary N) is 1. The number of amides is 2. The molecular formula is C18H26FN3O3. The van der Waals surface area contributed by atoms with Gasteiger partial charge in [0.05, 0.1) is 6.61 Å². The van der Waals surface area contributed by atoms with Crippen LogP contribution >= 0.6 is 0 Å². The molecule has 0 saturated carbocycles. The van der Waals surface area contributed by atoms with Gasteiger partial charge in [0.2, 0.25) is 11.8 Å². The van der Waals surface area contributed by atoms with Gasteiger partial charge in [0.25, 0.3) is 0 Å². The zero-order chi connectivity index (χ0) is 18.2. The van der Waals surface area contributed by atoms with Crippen LogP contribution in [0.4, 0.5) is 4.39 Å². The lowest BCUT2D eigenvalue weighted by Crippen LogP contribution is -2.45. The minimum absolute atomic E-state index is 0.0574. The molecule has 1 saturated heterocycles. The molecular weight excluding hydrogens is 325 g/mol. The van der Waals surface area contributed by atoms with E-state index in [9.17, 15) is 14.0 Å². The number of aliphatic hydroxyl groups is 1. The summed E-state index contributed by atoms with van der Waals surface area (Å²) in [7, 11) is 0. The largest absolute Gasteiger partial charge is 0.395 e. The number of carbonyl (C=O) groups is 2. The molecule has 2 rings (SSSR count). The molecule has 1 aromatic rings. The summed E-state index contributed by atoms with van der Waals surface area (Å²) >= 11 is 0. The van der Waals surface area contributed by atoms with E-state index in [0.29, 0.717) is 37.9 Å². The number of halogens is 1. The van der Waals surface area contributed by atoms with Gasteiger partial charge in [-0.2, -0.15) is 0 Å². The zero-order valence-electron chi connectivity index (χ0n) is 14.3. The predicted molar refractivity (Wildman–Crippen MR) is 92.1 cm³/mol. The minimum Gasteiger partial charge on any atom is -0.395 e. The molecule has 6 nitrogen and oxygen atoms in total. The fourth-order valence-electron chi connectivity index (χ4n) is 3.09. The summed E-state index contributed by atoms with van der Waals surface area (Å²) in [6, 6.07) is 6.00. The Morgan fingerprint density at radius 1 is 1.32 bits per heavy atom. The highest BCUT2D eigenvalue weighted by Gasteiger charge is 2.27. The maximum atomic E-state index is 13.6. The predicted octanol–water partition coefficient (Wildman–Crippen LogP) is 0.433. The van der Waals surface area contributed by atoms with Crippen molar-refractivity contribution in [3.63, 3.8) is 0 Å². The van der Waals surface area contributed by atoms with Gasteiger partial charge in [-0.1, -0.05) is 18.2 Å². The van der Waals surface area contributed by atoms with Crippen LogP contribution in [0.25, 0.3) is 0 Å². The van der Waals surface area contributed by atoms with Crippen molar-refractivity contribution < 1.29 is 19.1 Å². The zero-order valence-corrected chi connectivity index (χ0v) is 14.3. The minimum atomic E-state index is -0.435. The first-order valence-corrected chi connectivity index (χ1v) is 8.66. The maximum Gasteiger partial charge on any atom is 0.224 e. The number of hydrogen-bond donors (Lipinski definition) is 3. The molecule has 138 valence electrons. The van der Waals surface area contributed by atoms with Crippen LogP contribution in [-0.4, -0.2) is 54.1 Å². The van der Waals surface area contributed by atoms with Gasteiger partial charge >= 0.3 is 0 Å². The second-order valence-electron chi connectivity index (χ2n) is 6.43. The lowest BCUT2D eigenvalue weighted by atomic mass is 9.95. The van der Waals surface area contributed by atoms with Crippen LogP contribution in [0.3, 0.4) is 0 Å². The van der Waals surface area contributed by atoms with E-state index in [4.69, 9.17) is 10.8 Å². The first-order chi connectivity index (χ1) is 12.0. The van der Waals surface area contributed by atoms with Crippen LogP contribution in [0.5, 0.6) is 0 Å². The second-order valence-corrected chi connectivity index (χ2v) is 6.43. The number of likely N-dealkylation sites (tertiary alicyclic amines) is 1. The van der Waals surface area contributed by atoms with Crippen molar-refractivity contribution >= 4 is 11.8 Å². The molecule has 1 atom stereocenters. The molecule has 25 heavy (non-hydrogen) atoms. The van der Waals surface area contributed by atoms with E-state index in [0.717, 1.165) is 0 Å². The Morgan fingerprint density at radius 3 is 2.64 bits per heavy atom. The van der Waals surface area contributed by atoms with Crippen molar-refractivity contribution in [3.05, 3.63) is 35.6 Å². The lowest BCUT2D eigenvalue weighted by molar-refractivity contribution is -0.135. The summed E-state index contributed by atoms with van der Waals surface area (Å²) in [4.78, 5) is 25.9. The van der Waals surface area contributed by atoms with Crippen molar-refractivity contribution in [1.29, 1.82) is 0 Å². The van der Waals surface area contributed by atoms with Crippen molar-refractivity contribution in [2.24, 2.45) is 11.7 Å². The van der Waals surface area contributed by atoms with Crippen LogP contribution in [0, 0.1) is 11.7 Å². The highest BCUT2D eigenvalue weighted by molar-refractivity contribution is 5.80. The summed E-state index contributed by atoms with van der Waals surface area (Å²) in [5, 5.41) is 11.4. The topological polar surface area (TPSA) is 95.7 Å². The maximum absolute atomic E-state index is 13.6. The monoisotopic (exact) mass is 351 g/mol. The first kappa shape index (κ1) is 19.3. The molecule has 1 aromatic carbocycles. The third kappa shape index (κ3) is 5.79. The van der Waals surface area contributed by atoms with Crippen LogP contribution in [0.15, 0.2) is 24.3 Å². The number of aliphatic hydroxyl groups excluding tert-OH is 1. The standard InChI is InChI=1S/C18H26FN3O3/c19-16-4-2-1-3-14(16)11-15(20)12-17(24)22-8-5-13(6-9-22)18(25)21-7-10-23/h1-4,13,15,23H,5-12,20H2,(H,21,25). The van der Waals surface area contributed by atoms with Gasteiger partial charge in [0.1, 0.15) is 5.82 Å². The second kappa shape index (κ2) is 9.48. The number of rotatable bonds is 7. The SMILES string of the molecule is NC(CC(=O)N1CCC(C(=O)NCCO)CC1)Cc1ccccc1F. The fraction of sp³-hybridized carbons (Fsp3) is 0.556. The van der Waals surface area contributed by atoms with Crippen molar-refractivity contribution in [2.45, 2.75) is 31.7 Å². The number of nitrogens with two attached hydrogens (primary N) is 1. The first-order valence-electron chi connectivity index (χ1n) is 8.66. The average Bonchev–Trinajstić information content (AvgIpc) is 2.61. The lowest BCUT2D eigenvalue weighted by Gasteiger charge is -2.32. The Balaban J connectivity index is 1.76. The summed E-state index contributed by atoms with van der Waals surface area (Å²) < 4.78 is 13.6. The molecule has 4 N–H and O–H groups in total. The van der Waals surface area contributed by atoms with Gasteiger partial charge < -0.3 is 21.1 Å². The Labute approximate surface area is 147 Å². The van der Waals surface area contributed by atoms with E-state index >= 15 is 0 Å². The molecule has 7 heteroatoms. The van der Waals surface area contributed by atoms with Gasteiger partial charge in [0.15, 0.2) is 0 Å². The molecule has 1 fully saturated rings. The highest BCUT2D eigenvalue weighted by Crippen LogP contribution is 2.19. The highest BCUT2D eigenvalue weighted by atomic mass is 19.1. The Kier molecular flexibility index (Phi) is 7.33. The smallest absolute Gasteiger partial charge is 0.224 e. The van der Waals surface area contributed by atoms with Crippen molar-refractivity contribution in [2.75, 3.05) is 26.2 Å². The van der Waals surface area contributed by atoms with Gasteiger partial charge in [0, 0.05) is 38.0 Å². The van der Waals surface area contributed by atoms with E-state index in [1.54, 1.807) is 23.1 Å². The molecule has 0 aliphatic carbocycles. The third-order valence-corrected chi connectivity index (χ3v) is 4.51. The molecule has 1 aliphatic heterocycles. The third-order valence-electron chi connectivity index (χ3n) is 4.51. The quantitative estimate of drug-likeness (QED) is 0.664. The van der Waals surface area contributed by atoms with Crippen molar-refractivity contribution in [3.8, 4) is 0 Å². The Bertz CT molecular complexity index is 589. The van der Waals surface area contributed by atoms with E-state index in [1.807, 2.05) is 0 Å². The van der Waals surface area contributed by atoms with Crippen LogP contribution in [0.1, 0.15) is 24.8 Å². The van der Waals surface area contributed by atoms with Crippen LogP contribution in [-0.2, 0) is 16.0 Å². The number of carbonyl (C=O) groups excluding carboxylic acids is 2. The molecule has 1 aliphatic rings. The molecule has 2 amide bonds. The molecule has 0 bridgehead atoms. The van der Waals surface area contributed by atoms with Gasteiger partial charge in [-0.3, -0.25) is 9.59 Å². The van der Waals surface area contributed by atoms with Crippen molar-refractivity contribution in [1.82, 2.24) is 10.2 Å². The number of benzene rings is 1. The summed E-state index contributed by atoms with van der Waals surface area (Å²) in [6.45, 7) is 1.21. The molecule has 1 unspecified atom stereocenters. The molecule has 1 heterocycles. The van der Waals surface area contributed by atoms with Gasteiger partial charge in [-0.25, -0.2) is 4.39 Å². The Morgan fingerprint density at radius 2 is 2.00 bits per heavy atom. The summed E-state index contributed by atoms with van der Waals surface area (Å²) in [6.07, 6.45) is 1.69. The number of nitrogens with zero attached hydrogens (tertiary/aromatic N) is 1. The summed E-state index contributed by atoms with van der Waals surface area (Å²) in [5.74, 6) is -0.557. The van der Waals surface area contributed by atoms with Crippen LogP contribution in [0.2, 0.25) is 0 Å². The van der Waals surface area contributed by atoms with E-state index in [2.05, 4.69) is 5.32 Å². The Hall–Kier alpha value is -1.99. The van der Waals surface area contributed by atoms with Gasteiger partial charge in [-0.05, 0) is 30.9 Å². The van der Waals surface area contributed by atoms with E-state index in [1.165, 1.54) is 6.07 Å². The van der Waals surface area contributed by atoms with Gasteiger partial charge in [-0.15, -0.1) is 0 Å². The van der Waals surface area contributed by atoms with E-state index < -0.39 is 6.04 Å². The average molecular weight is 351 g/mol. The summed E-state index contributed by atoms with van der Waals surface area (Å²) in [5.41, 5.74) is 6.53. The van der Waals surface area contributed by atoms with E-state index in [-0.39, 0.29) is 43.1 Å². The number of hydrogen-bond acceptors (Lipinski definition) is 4. The molecule has 0 radical (unpaired) electrons. The molecule has 0 spiro atoms.